The molecule has 19 heavy (non-hydrogen) atoms. The molecule has 0 aromatic heterocycles. The molecule has 0 bridgehead atoms. The fourth-order valence-electron chi connectivity index (χ4n) is 2.89. The molecule has 1 fully saturated rings. The molecule has 0 radical (unpaired) electrons. The molecule has 2 atom stereocenters. The predicted octanol–water partition coefficient (Wildman–Crippen LogP) is 2.46. The van der Waals surface area contributed by atoms with E-state index in [1.165, 1.54) is 25.7 Å². The van der Waals surface area contributed by atoms with Crippen LogP contribution in [0.5, 0.6) is 0 Å². The fraction of sp³-hybridized carbons (Fsp3) is 0.867. The van der Waals surface area contributed by atoms with Gasteiger partial charge in [-0.1, -0.05) is 46.0 Å². The second kappa shape index (κ2) is 8.18. The van der Waals surface area contributed by atoms with Gasteiger partial charge in [-0.2, -0.15) is 0 Å². The predicted molar refractivity (Wildman–Crippen MR) is 76.5 cm³/mol. The Morgan fingerprint density at radius 1 is 1.32 bits per heavy atom. The molecule has 2 amide bonds. The lowest BCUT2D eigenvalue weighted by atomic mass is 10.00. The van der Waals surface area contributed by atoms with E-state index in [0.717, 1.165) is 19.4 Å². The number of hydrogen-bond donors (Lipinski definition) is 1. The van der Waals surface area contributed by atoms with Crippen LogP contribution in [0.25, 0.3) is 0 Å². The lowest BCUT2D eigenvalue weighted by Crippen LogP contribution is -2.45. The molecule has 0 aliphatic carbocycles. The van der Waals surface area contributed by atoms with Crippen molar-refractivity contribution >= 4 is 11.8 Å². The molecule has 2 unspecified atom stereocenters. The number of primary amides is 1. The lowest BCUT2D eigenvalue weighted by molar-refractivity contribution is -0.136. The van der Waals surface area contributed by atoms with Crippen molar-refractivity contribution in [3.8, 4) is 0 Å². The summed E-state index contributed by atoms with van der Waals surface area (Å²) in [7, 11) is 0. The van der Waals surface area contributed by atoms with Gasteiger partial charge in [0, 0.05) is 13.0 Å². The summed E-state index contributed by atoms with van der Waals surface area (Å²) in [4.78, 5) is 25.2. The molecule has 1 aliphatic heterocycles. The summed E-state index contributed by atoms with van der Waals surface area (Å²) in [5.41, 5.74) is 5.42. The van der Waals surface area contributed by atoms with Gasteiger partial charge in [0.15, 0.2) is 0 Å². The molecule has 0 saturated carbocycles. The maximum absolute atomic E-state index is 12.0. The van der Waals surface area contributed by atoms with Crippen molar-refractivity contribution in [1.82, 2.24) is 4.90 Å². The van der Waals surface area contributed by atoms with Gasteiger partial charge < -0.3 is 10.6 Å². The summed E-state index contributed by atoms with van der Waals surface area (Å²) in [6, 6.07) is -0.391. The molecule has 2 N–H and O–H groups in total. The molecule has 4 heteroatoms. The van der Waals surface area contributed by atoms with Crippen LogP contribution in [-0.2, 0) is 9.59 Å². The van der Waals surface area contributed by atoms with E-state index < -0.39 is 6.04 Å². The van der Waals surface area contributed by atoms with Gasteiger partial charge in [0.1, 0.15) is 6.04 Å². The third-order valence-corrected chi connectivity index (χ3v) is 3.97. The highest BCUT2D eigenvalue weighted by molar-refractivity contribution is 5.87. The van der Waals surface area contributed by atoms with Gasteiger partial charge in [0.25, 0.3) is 0 Å². The van der Waals surface area contributed by atoms with E-state index in [4.69, 9.17) is 5.73 Å². The molecule has 1 saturated heterocycles. The van der Waals surface area contributed by atoms with Crippen LogP contribution in [0, 0.1) is 5.92 Å². The number of unbranched alkanes of at least 4 members (excludes halogenated alkanes) is 3. The smallest absolute Gasteiger partial charge is 0.240 e. The number of nitrogens with two attached hydrogens (primary N) is 1. The Kier molecular flexibility index (Phi) is 6.89. The molecule has 1 aliphatic rings. The van der Waals surface area contributed by atoms with E-state index in [2.05, 4.69) is 6.92 Å². The normalized spacial score (nSPS) is 20.8. The fourth-order valence-corrected chi connectivity index (χ4v) is 2.89. The number of rotatable bonds is 9. The number of nitrogens with zero attached hydrogens (tertiary/aromatic N) is 1. The van der Waals surface area contributed by atoms with E-state index in [1.54, 1.807) is 4.90 Å². The minimum atomic E-state index is -0.391. The van der Waals surface area contributed by atoms with Crippen LogP contribution in [0.1, 0.15) is 65.2 Å². The highest BCUT2D eigenvalue weighted by atomic mass is 16.2. The Labute approximate surface area is 116 Å². The van der Waals surface area contributed by atoms with Gasteiger partial charge in [-0.3, -0.25) is 9.59 Å². The van der Waals surface area contributed by atoms with Crippen molar-refractivity contribution in [3.05, 3.63) is 0 Å². The molecular weight excluding hydrogens is 240 g/mol. The first-order valence-corrected chi connectivity index (χ1v) is 7.68. The Morgan fingerprint density at radius 3 is 2.63 bits per heavy atom. The Morgan fingerprint density at radius 2 is 2.05 bits per heavy atom. The highest BCUT2D eigenvalue weighted by Gasteiger charge is 2.35. The first kappa shape index (κ1) is 16.0. The zero-order valence-corrected chi connectivity index (χ0v) is 12.4. The SMILES string of the molecule is CCCCCCC1CC(=O)N(C(CCC)C(N)=O)C1. The van der Waals surface area contributed by atoms with Gasteiger partial charge in [-0.15, -0.1) is 0 Å². The van der Waals surface area contributed by atoms with Crippen molar-refractivity contribution in [2.75, 3.05) is 6.54 Å². The highest BCUT2D eigenvalue weighted by Crippen LogP contribution is 2.26. The van der Waals surface area contributed by atoms with Crippen LogP contribution in [0.3, 0.4) is 0 Å². The monoisotopic (exact) mass is 268 g/mol. The van der Waals surface area contributed by atoms with Crippen molar-refractivity contribution in [1.29, 1.82) is 0 Å². The Bertz CT molecular complexity index is 305. The van der Waals surface area contributed by atoms with Gasteiger partial charge in [-0.25, -0.2) is 0 Å². The van der Waals surface area contributed by atoms with Crippen LogP contribution in [0.2, 0.25) is 0 Å². The van der Waals surface area contributed by atoms with Crippen LogP contribution in [-0.4, -0.2) is 29.3 Å². The number of hydrogen-bond acceptors (Lipinski definition) is 2. The number of carbonyl (C=O) groups excluding carboxylic acids is 2. The quantitative estimate of drug-likeness (QED) is 0.653. The molecule has 0 spiro atoms. The Hall–Kier alpha value is -1.06. The average Bonchev–Trinajstić information content (AvgIpc) is 2.72. The second-order valence-electron chi connectivity index (χ2n) is 5.67. The largest absolute Gasteiger partial charge is 0.368 e. The third-order valence-electron chi connectivity index (χ3n) is 3.97. The maximum Gasteiger partial charge on any atom is 0.240 e. The molecule has 110 valence electrons. The zero-order chi connectivity index (χ0) is 14.3. The van der Waals surface area contributed by atoms with Gasteiger partial charge in [0.2, 0.25) is 11.8 Å². The van der Waals surface area contributed by atoms with Crippen LogP contribution >= 0.6 is 0 Å². The summed E-state index contributed by atoms with van der Waals surface area (Å²) >= 11 is 0. The Balaban J connectivity index is 2.44. The summed E-state index contributed by atoms with van der Waals surface area (Å²) in [5, 5.41) is 0. The molecule has 4 nitrogen and oxygen atoms in total. The average molecular weight is 268 g/mol. The number of likely N-dealkylation sites (tertiary alicyclic amines) is 1. The summed E-state index contributed by atoms with van der Waals surface area (Å²) < 4.78 is 0. The van der Waals surface area contributed by atoms with Crippen LogP contribution in [0.4, 0.5) is 0 Å². The summed E-state index contributed by atoms with van der Waals surface area (Å²) in [5.74, 6) is 0.169. The first-order valence-electron chi connectivity index (χ1n) is 7.68. The summed E-state index contributed by atoms with van der Waals surface area (Å²) in [6.07, 6.45) is 8.19. The third kappa shape index (κ3) is 4.84. The lowest BCUT2D eigenvalue weighted by Gasteiger charge is -2.25. The molecule has 0 aromatic carbocycles. The molecular formula is C15H28N2O2. The van der Waals surface area contributed by atoms with E-state index >= 15 is 0 Å². The zero-order valence-electron chi connectivity index (χ0n) is 12.4. The second-order valence-corrected chi connectivity index (χ2v) is 5.67. The minimum Gasteiger partial charge on any atom is -0.368 e. The van der Waals surface area contributed by atoms with Crippen molar-refractivity contribution in [2.24, 2.45) is 11.7 Å². The summed E-state index contributed by atoms with van der Waals surface area (Å²) in [6.45, 7) is 4.93. The molecule has 1 heterocycles. The van der Waals surface area contributed by atoms with E-state index in [0.29, 0.717) is 18.8 Å². The minimum absolute atomic E-state index is 0.109. The van der Waals surface area contributed by atoms with Crippen molar-refractivity contribution < 1.29 is 9.59 Å². The standard InChI is InChI=1S/C15H28N2O2/c1-3-5-6-7-9-12-10-14(18)17(11-12)13(8-4-2)15(16)19/h12-13H,3-11H2,1-2H3,(H2,16,19). The van der Waals surface area contributed by atoms with Gasteiger partial charge >= 0.3 is 0 Å². The van der Waals surface area contributed by atoms with Crippen LogP contribution in [0.15, 0.2) is 0 Å². The maximum atomic E-state index is 12.0. The van der Waals surface area contributed by atoms with Gasteiger partial charge in [-0.05, 0) is 18.8 Å². The van der Waals surface area contributed by atoms with E-state index in [9.17, 15) is 9.59 Å². The van der Waals surface area contributed by atoms with E-state index in [-0.39, 0.29) is 11.8 Å². The topological polar surface area (TPSA) is 63.4 Å². The molecule has 1 rings (SSSR count). The van der Waals surface area contributed by atoms with E-state index in [1.807, 2.05) is 6.92 Å². The first-order chi connectivity index (χ1) is 9.10. The number of amides is 2. The van der Waals surface area contributed by atoms with Crippen molar-refractivity contribution in [3.63, 3.8) is 0 Å². The van der Waals surface area contributed by atoms with Crippen molar-refractivity contribution in [2.45, 2.75) is 71.3 Å². The van der Waals surface area contributed by atoms with Crippen LogP contribution < -0.4 is 5.73 Å². The van der Waals surface area contributed by atoms with Gasteiger partial charge in [0.05, 0.1) is 0 Å². The number of carbonyl (C=O) groups is 2. The molecule has 0 aromatic rings.